The van der Waals surface area contributed by atoms with Gasteiger partial charge in [0, 0.05) is 12.6 Å². The third-order valence-electron chi connectivity index (χ3n) is 3.58. The largest absolute Gasteiger partial charge is 0.492 e. The van der Waals surface area contributed by atoms with Crippen molar-refractivity contribution in [2.45, 2.75) is 6.92 Å². The number of hydrogen-bond donors (Lipinski definition) is 1. The van der Waals surface area contributed by atoms with Gasteiger partial charge in [-0.3, -0.25) is 20.2 Å². The lowest BCUT2D eigenvalue weighted by Crippen LogP contribution is -2.16. The van der Waals surface area contributed by atoms with E-state index in [9.17, 15) is 25.0 Å². The number of esters is 1. The summed E-state index contributed by atoms with van der Waals surface area (Å²) in [6.45, 7) is 2.18. The van der Waals surface area contributed by atoms with Crippen LogP contribution in [-0.2, 0) is 4.74 Å². The maximum Gasteiger partial charge on any atom is 0.340 e. The molecular formula is C17H17N3O7. The van der Waals surface area contributed by atoms with Gasteiger partial charge in [0.1, 0.15) is 18.0 Å². The highest BCUT2D eigenvalue weighted by molar-refractivity contribution is 5.99. The molecule has 27 heavy (non-hydrogen) atoms. The van der Waals surface area contributed by atoms with Gasteiger partial charge in [-0.25, -0.2) is 4.79 Å². The number of carbonyl (C=O) groups is 1. The molecular weight excluding hydrogens is 358 g/mol. The predicted molar refractivity (Wildman–Crippen MR) is 96.3 cm³/mol. The molecule has 0 atom stereocenters. The molecule has 10 heteroatoms. The molecule has 0 aliphatic carbocycles. The number of aryl methyl sites for hydroxylation is 1. The molecule has 0 bridgehead atoms. The van der Waals surface area contributed by atoms with Gasteiger partial charge in [-0.1, -0.05) is 12.1 Å². The summed E-state index contributed by atoms with van der Waals surface area (Å²) < 4.78 is 10.1. The van der Waals surface area contributed by atoms with Gasteiger partial charge in [-0.15, -0.1) is 0 Å². The first-order valence-corrected chi connectivity index (χ1v) is 7.82. The van der Waals surface area contributed by atoms with Crippen molar-refractivity contribution in [3.8, 4) is 5.75 Å². The molecule has 2 rings (SSSR count). The average Bonchev–Trinajstić information content (AvgIpc) is 2.64. The van der Waals surface area contributed by atoms with Crippen LogP contribution in [-0.4, -0.2) is 36.1 Å². The number of carbonyl (C=O) groups excluding carboxylic acids is 1. The Labute approximate surface area is 154 Å². The molecule has 142 valence electrons. The zero-order chi connectivity index (χ0) is 20.0. The Hall–Kier alpha value is -3.69. The molecule has 0 saturated heterocycles. The highest BCUT2D eigenvalue weighted by atomic mass is 16.6. The number of anilines is 1. The standard InChI is InChI=1S/C17H17N3O7/c1-11-4-3-5-13(8-11)27-7-6-18-16-14(17(21)26-2)9-12(19(22)23)10-15(16)20(24)25/h3-5,8-10,18H,6-7H2,1-2H3. The number of nitro groups is 2. The van der Waals surface area contributed by atoms with E-state index in [0.717, 1.165) is 24.8 Å². The first-order chi connectivity index (χ1) is 12.8. The molecule has 0 heterocycles. The van der Waals surface area contributed by atoms with Crippen molar-refractivity contribution in [3.63, 3.8) is 0 Å². The van der Waals surface area contributed by atoms with Crippen molar-refractivity contribution in [2.24, 2.45) is 0 Å². The van der Waals surface area contributed by atoms with Gasteiger partial charge in [-0.05, 0) is 24.6 Å². The third-order valence-corrected chi connectivity index (χ3v) is 3.58. The highest BCUT2D eigenvalue weighted by Crippen LogP contribution is 2.33. The Bertz CT molecular complexity index is 883. The quantitative estimate of drug-likeness (QED) is 0.322. The summed E-state index contributed by atoms with van der Waals surface area (Å²) in [5.74, 6) is -0.299. The van der Waals surface area contributed by atoms with Crippen LogP contribution < -0.4 is 10.1 Å². The molecule has 0 aliphatic rings. The lowest BCUT2D eigenvalue weighted by Gasteiger charge is -2.12. The van der Waals surface area contributed by atoms with Crippen LogP contribution in [0.4, 0.5) is 17.1 Å². The molecule has 0 unspecified atom stereocenters. The third kappa shape index (κ3) is 4.91. The second-order valence-electron chi connectivity index (χ2n) is 5.49. The fourth-order valence-corrected chi connectivity index (χ4v) is 2.37. The van der Waals surface area contributed by atoms with E-state index in [1.54, 1.807) is 6.07 Å². The van der Waals surface area contributed by atoms with Crippen LogP contribution >= 0.6 is 0 Å². The van der Waals surface area contributed by atoms with E-state index in [-0.39, 0.29) is 24.4 Å². The normalized spacial score (nSPS) is 10.1. The second-order valence-corrected chi connectivity index (χ2v) is 5.49. The number of nitro benzene ring substituents is 2. The summed E-state index contributed by atoms with van der Waals surface area (Å²) in [6.07, 6.45) is 0. The van der Waals surface area contributed by atoms with E-state index < -0.39 is 27.2 Å². The average molecular weight is 375 g/mol. The number of ether oxygens (including phenoxy) is 2. The fourth-order valence-electron chi connectivity index (χ4n) is 2.37. The maximum atomic E-state index is 11.9. The van der Waals surface area contributed by atoms with E-state index in [0.29, 0.717) is 5.75 Å². The summed E-state index contributed by atoms with van der Waals surface area (Å²) in [5.41, 5.74) is -0.623. The molecule has 2 aromatic rings. The number of hydrogen-bond acceptors (Lipinski definition) is 8. The fraction of sp³-hybridized carbons (Fsp3) is 0.235. The Morgan fingerprint density at radius 1 is 1.15 bits per heavy atom. The van der Waals surface area contributed by atoms with Gasteiger partial charge in [0.25, 0.3) is 11.4 Å². The zero-order valence-corrected chi connectivity index (χ0v) is 14.6. The van der Waals surface area contributed by atoms with Gasteiger partial charge >= 0.3 is 5.97 Å². The number of non-ortho nitro benzene ring substituents is 1. The van der Waals surface area contributed by atoms with E-state index in [1.807, 2.05) is 25.1 Å². The van der Waals surface area contributed by atoms with Gasteiger partial charge in [-0.2, -0.15) is 0 Å². The number of benzene rings is 2. The van der Waals surface area contributed by atoms with Crippen LogP contribution in [0.1, 0.15) is 15.9 Å². The van der Waals surface area contributed by atoms with Crippen molar-refractivity contribution in [3.05, 3.63) is 67.8 Å². The van der Waals surface area contributed by atoms with E-state index in [2.05, 4.69) is 10.1 Å². The molecule has 0 saturated carbocycles. The molecule has 0 radical (unpaired) electrons. The molecule has 0 aliphatic heterocycles. The highest BCUT2D eigenvalue weighted by Gasteiger charge is 2.27. The van der Waals surface area contributed by atoms with Gasteiger partial charge in [0.2, 0.25) is 0 Å². The lowest BCUT2D eigenvalue weighted by atomic mass is 10.1. The van der Waals surface area contributed by atoms with Gasteiger partial charge in [0.15, 0.2) is 0 Å². The Morgan fingerprint density at radius 2 is 1.89 bits per heavy atom. The van der Waals surface area contributed by atoms with Crippen LogP contribution in [0.2, 0.25) is 0 Å². The molecule has 1 N–H and O–H groups in total. The SMILES string of the molecule is COC(=O)c1cc([N+](=O)[O-])cc([N+](=O)[O-])c1NCCOc1cccc(C)c1. The van der Waals surface area contributed by atoms with Crippen molar-refractivity contribution in [2.75, 3.05) is 25.6 Å². The number of nitrogens with zero attached hydrogens (tertiary/aromatic N) is 2. The predicted octanol–water partition coefficient (Wildman–Crippen LogP) is 3.09. The number of rotatable bonds is 8. The monoisotopic (exact) mass is 375 g/mol. The van der Waals surface area contributed by atoms with Crippen LogP contribution in [0.3, 0.4) is 0 Å². The minimum atomic E-state index is -0.927. The van der Waals surface area contributed by atoms with Crippen LogP contribution in [0.5, 0.6) is 5.75 Å². The molecule has 10 nitrogen and oxygen atoms in total. The Balaban J connectivity index is 2.23. The number of methoxy groups -OCH3 is 1. The molecule has 0 amide bonds. The summed E-state index contributed by atoms with van der Waals surface area (Å²) in [4.78, 5) is 32.6. The first-order valence-electron chi connectivity index (χ1n) is 7.82. The van der Waals surface area contributed by atoms with Crippen molar-refractivity contribution >= 4 is 23.0 Å². The summed E-state index contributed by atoms with van der Waals surface area (Å²) >= 11 is 0. The van der Waals surface area contributed by atoms with Crippen LogP contribution in [0, 0.1) is 27.2 Å². The molecule has 0 aromatic heterocycles. The first kappa shape index (κ1) is 19.6. The minimum Gasteiger partial charge on any atom is -0.492 e. The molecule has 0 spiro atoms. The topological polar surface area (TPSA) is 134 Å². The maximum absolute atomic E-state index is 11.9. The van der Waals surface area contributed by atoms with Crippen LogP contribution in [0.25, 0.3) is 0 Å². The van der Waals surface area contributed by atoms with Gasteiger partial charge in [0.05, 0.1) is 28.6 Å². The van der Waals surface area contributed by atoms with E-state index in [1.165, 1.54) is 0 Å². The van der Waals surface area contributed by atoms with Gasteiger partial charge < -0.3 is 14.8 Å². The lowest BCUT2D eigenvalue weighted by molar-refractivity contribution is -0.393. The molecule has 2 aromatic carbocycles. The Kier molecular flexibility index (Phi) is 6.26. The number of nitrogens with one attached hydrogen (secondary N) is 1. The Morgan fingerprint density at radius 3 is 2.48 bits per heavy atom. The van der Waals surface area contributed by atoms with Crippen LogP contribution in [0.15, 0.2) is 36.4 Å². The van der Waals surface area contributed by atoms with Crippen molar-refractivity contribution in [1.29, 1.82) is 0 Å². The smallest absolute Gasteiger partial charge is 0.340 e. The second kappa shape index (κ2) is 8.61. The summed E-state index contributed by atoms with van der Waals surface area (Å²) in [6, 6.07) is 9.05. The van der Waals surface area contributed by atoms with Crippen molar-refractivity contribution < 1.29 is 24.1 Å². The van der Waals surface area contributed by atoms with Crippen molar-refractivity contribution in [1.82, 2.24) is 0 Å². The molecule has 0 fully saturated rings. The van der Waals surface area contributed by atoms with E-state index >= 15 is 0 Å². The zero-order valence-electron chi connectivity index (χ0n) is 14.6. The summed E-state index contributed by atoms with van der Waals surface area (Å²) in [5, 5.41) is 25.0. The van der Waals surface area contributed by atoms with E-state index in [4.69, 9.17) is 4.74 Å². The minimum absolute atomic E-state index is 0.122. The summed E-state index contributed by atoms with van der Waals surface area (Å²) in [7, 11) is 1.08.